The van der Waals surface area contributed by atoms with Crippen molar-refractivity contribution >= 4 is 36.4 Å². The summed E-state index contributed by atoms with van der Waals surface area (Å²) in [6.07, 6.45) is 0. The molecule has 0 saturated carbocycles. The van der Waals surface area contributed by atoms with Crippen molar-refractivity contribution in [1.82, 2.24) is 0 Å². The van der Waals surface area contributed by atoms with Crippen LogP contribution in [-0.2, 0) is 0 Å². The fourth-order valence-corrected chi connectivity index (χ4v) is 2.95. The fourth-order valence-electron chi connectivity index (χ4n) is 0.266. The predicted molar refractivity (Wildman–Crippen MR) is 43.3 cm³/mol. The van der Waals surface area contributed by atoms with E-state index in [0.717, 1.165) is 15.9 Å². The van der Waals surface area contributed by atoms with Gasteiger partial charge in [-0.15, -0.1) is 0 Å². The van der Waals surface area contributed by atoms with Crippen LogP contribution >= 0.6 is 36.4 Å². The first kappa shape index (κ1) is 15.2. The Balaban J connectivity index is 5.87. The van der Waals surface area contributed by atoms with Gasteiger partial charge in [-0.25, -0.2) is 0 Å². The standard InChI is InChI=1S/C2HBrF10S2/c3-2(15(9,10,11,12)13)1-14(4,5,6,7)8/h1H. The summed E-state index contributed by atoms with van der Waals surface area (Å²) in [7, 11) is -21.5. The third-order valence-electron chi connectivity index (χ3n) is 0.684. The second-order valence-electron chi connectivity index (χ2n) is 2.42. The van der Waals surface area contributed by atoms with Crippen molar-refractivity contribution in [2.45, 2.75) is 0 Å². The first-order valence-corrected chi connectivity index (χ1v) is 7.22. The van der Waals surface area contributed by atoms with E-state index >= 15 is 0 Å². The maximum absolute atomic E-state index is 11.5. The monoisotopic (exact) mass is 358 g/mol. The molecule has 0 fully saturated rings. The van der Waals surface area contributed by atoms with E-state index in [1.54, 1.807) is 0 Å². The molecule has 0 aromatic carbocycles. The van der Waals surface area contributed by atoms with Crippen LogP contribution in [0.15, 0.2) is 9.22 Å². The van der Waals surface area contributed by atoms with Crippen LogP contribution in [0, 0.1) is 0 Å². The number of hydrogen-bond acceptors (Lipinski definition) is 0. The van der Waals surface area contributed by atoms with Crippen LogP contribution in [0.2, 0.25) is 0 Å². The molecular weight excluding hydrogens is 358 g/mol. The van der Waals surface area contributed by atoms with Gasteiger partial charge in [-0.1, -0.05) is 38.9 Å². The van der Waals surface area contributed by atoms with Crippen molar-refractivity contribution < 1.29 is 38.9 Å². The van der Waals surface area contributed by atoms with Gasteiger partial charge in [0, 0.05) is 0 Å². The second kappa shape index (κ2) is 2.12. The smallest absolute Gasteiger partial charge is 0.0941 e. The summed E-state index contributed by atoms with van der Waals surface area (Å²) >= 11 is 0.785. The molecule has 0 amide bonds. The molecule has 0 rings (SSSR count). The van der Waals surface area contributed by atoms with E-state index in [1.807, 2.05) is 0 Å². The normalized spacial score (nSPS) is 24.9. The van der Waals surface area contributed by atoms with Crippen LogP contribution in [0.1, 0.15) is 0 Å². The molecule has 0 aliphatic rings. The Morgan fingerprint density at radius 2 is 1.00 bits per heavy atom. The molecule has 0 unspecified atom stereocenters. The maximum atomic E-state index is 11.5. The molecule has 0 radical (unpaired) electrons. The Morgan fingerprint density at radius 1 is 0.733 bits per heavy atom. The zero-order valence-corrected chi connectivity index (χ0v) is 9.27. The minimum absolute atomic E-state index is 0.785. The minimum atomic E-state index is -10.8. The van der Waals surface area contributed by atoms with Crippen molar-refractivity contribution in [2.75, 3.05) is 0 Å². The Kier molecular flexibility index (Phi) is 2.15. The number of hydrogen-bond donors (Lipinski definition) is 0. The number of halogens is 11. The molecule has 15 heavy (non-hydrogen) atoms. The predicted octanol–water partition coefficient (Wildman–Crippen LogP) is 6.78. The second-order valence-corrected chi connectivity index (χ2v) is 8.47. The zero-order valence-electron chi connectivity index (χ0n) is 6.05. The Morgan fingerprint density at radius 3 is 1.07 bits per heavy atom. The van der Waals surface area contributed by atoms with E-state index in [2.05, 4.69) is 0 Å². The lowest BCUT2D eigenvalue weighted by Gasteiger charge is -2.43. The molecule has 0 heterocycles. The molecule has 0 aromatic rings. The molecule has 0 nitrogen and oxygen atoms in total. The number of rotatable bonds is 2. The van der Waals surface area contributed by atoms with Gasteiger partial charge in [0.25, 0.3) is 0 Å². The Hall–Kier alpha value is 0.220. The van der Waals surface area contributed by atoms with Crippen molar-refractivity contribution in [1.29, 1.82) is 0 Å². The van der Waals surface area contributed by atoms with Gasteiger partial charge in [0.1, 0.15) is 5.41 Å². The van der Waals surface area contributed by atoms with E-state index < -0.39 is 29.7 Å². The van der Waals surface area contributed by atoms with Gasteiger partial charge in [-0.2, -0.15) is 0 Å². The van der Waals surface area contributed by atoms with Gasteiger partial charge in [0.2, 0.25) is 0 Å². The van der Waals surface area contributed by atoms with Gasteiger partial charge >= 0.3 is 20.4 Å². The first-order chi connectivity index (χ1) is 5.59. The summed E-state index contributed by atoms with van der Waals surface area (Å²) < 4.78 is 111. The highest BCUT2D eigenvalue weighted by molar-refractivity contribution is 9.15. The molecule has 13 heteroatoms. The molecule has 98 valence electrons. The van der Waals surface area contributed by atoms with Crippen molar-refractivity contribution in [3.8, 4) is 0 Å². The third kappa shape index (κ3) is 7.16. The van der Waals surface area contributed by atoms with E-state index in [1.165, 1.54) is 0 Å². The van der Waals surface area contributed by atoms with Gasteiger partial charge in [-0.3, -0.25) is 0 Å². The van der Waals surface area contributed by atoms with E-state index in [-0.39, 0.29) is 0 Å². The van der Waals surface area contributed by atoms with Gasteiger partial charge in [0.15, 0.2) is 3.81 Å². The quantitative estimate of drug-likeness (QED) is 0.477. The minimum Gasteiger partial charge on any atom is -0.0941 e. The van der Waals surface area contributed by atoms with Crippen LogP contribution < -0.4 is 0 Å². The summed E-state index contributed by atoms with van der Waals surface area (Å²) in [6, 6.07) is 0. The highest BCUT2D eigenvalue weighted by Gasteiger charge is 2.71. The van der Waals surface area contributed by atoms with E-state index in [0.29, 0.717) is 0 Å². The summed E-state index contributed by atoms with van der Waals surface area (Å²) in [5.74, 6) is 0. The molecule has 0 atom stereocenters. The summed E-state index contributed by atoms with van der Waals surface area (Å²) in [4.78, 5) is 0. The van der Waals surface area contributed by atoms with Gasteiger partial charge in [-0.05, 0) is 15.9 Å². The fraction of sp³-hybridized carbons (Fsp3) is 0. The zero-order chi connectivity index (χ0) is 13.1. The topological polar surface area (TPSA) is 0 Å². The Labute approximate surface area is 84.9 Å². The van der Waals surface area contributed by atoms with E-state index in [9.17, 15) is 38.9 Å². The highest BCUT2D eigenvalue weighted by Crippen LogP contribution is 3.07. The molecule has 0 aromatic heterocycles. The molecule has 0 bridgehead atoms. The molecule has 0 N–H and O–H groups in total. The Bertz CT molecular complexity index is 325. The molecule has 0 spiro atoms. The third-order valence-corrected chi connectivity index (χ3v) is 4.74. The lowest BCUT2D eigenvalue weighted by Crippen LogP contribution is -2.09. The van der Waals surface area contributed by atoms with Crippen molar-refractivity contribution in [2.24, 2.45) is 0 Å². The van der Waals surface area contributed by atoms with Crippen LogP contribution in [0.5, 0.6) is 0 Å². The van der Waals surface area contributed by atoms with Crippen LogP contribution in [0.3, 0.4) is 0 Å². The van der Waals surface area contributed by atoms with Crippen LogP contribution in [0.4, 0.5) is 38.9 Å². The summed E-state index contributed by atoms with van der Waals surface area (Å²) in [5.41, 5.74) is 0. The molecule has 0 saturated heterocycles. The van der Waals surface area contributed by atoms with Crippen LogP contribution in [-0.4, -0.2) is 0 Å². The largest absolute Gasteiger partial charge is 0.317 e. The van der Waals surface area contributed by atoms with Crippen molar-refractivity contribution in [3.63, 3.8) is 0 Å². The lowest BCUT2D eigenvalue weighted by molar-refractivity contribution is 0.373. The average molecular weight is 359 g/mol. The van der Waals surface area contributed by atoms with Gasteiger partial charge < -0.3 is 0 Å². The molecule has 0 aliphatic carbocycles. The summed E-state index contributed by atoms with van der Waals surface area (Å²) in [6.45, 7) is 0. The first-order valence-electron chi connectivity index (χ1n) is 2.46. The molecular formula is C2HBrF10S2. The van der Waals surface area contributed by atoms with E-state index in [4.69, 9.17) is 0 Å². The lowest BCUT2D eigenvalue weighted by atomic mass is 11.2. The van der Waals surface area contributed by atoms with Crippen LogP contribution in [0.25, 0.3) is 0 Å². The summed E-state index contributed by atoms with van der Waals surface area (Å²) in [5, 5.41) is -2.71. The SMILES string of the molecule is FS(F)(F)(F)(F)C=C(Br)S(F)(F)(F)(F)F. The highest BCUT2D eigenvalue weighted by atomic mass is 79.9. The van der Waals surface area contributed by atoms with Gasteiger partial charge in [0.05, 0.1) is 0 Å². The van der Waals surface area contributed by atoms with Crippen molar-refractivity contribution in [3.05, 3.63) is 9.22 Å². The maximum Gasteiger partial charge on any atom is 0.317 e. The molecule has 0 aliphatic heterocycles. The average Bonchev–Trinajstić information content (AvgIpc) is 1.45.